The van der Waals surface area contributed by atoms with Crippen LogP contribution in [0.15, 0.2) is 42.5 Å². The fourth-order valence-corrected chi connectivity index (χ4v) is 2.70. The third-order valence-electron chi connectivity index (χ3n) is 3.73. The van der Waals surface area contributed by atoms with E-state index in [2.05, 4.69) is 42.7 Å². The van der Waals surface area contributed by atoms with Gasteiger partial charge in [0.2, 0.25) is 0 Å². The highest BCUT2D eigenvalue weighted by molar-refractivity contribution is 7.80. The van der Waals surface area contributed by atoms with Gasteiger partial charge in [0.05, 0.1) is 7.11 Å². The molecule has 122 valence electrons. The van der Waals surface area contributed by atoms with E-state index in [1.54, 1.807) is 7.11 Å². The maximum Gasteiger partial charge on any atom is 0.170 e. The largest absolute Gasteiger partial charge is 0.497 e. The first-order chi connectivity index (χ1) is 11.1. The fourth-order valence-electron chi connectivity index (χ4n) is 2.48. The zero-order valence-electron chi connectivity index (χ0n) is 14.0. The number of hydrogen-bond donors (Lipinski definition) is 2. The Morgan fingerprint density at radius 1 is 1.13 bits per heavy atom. The second kappa shape index (κ2) is 8.53. The Morgan fingerprint density at radius 3 is 2.70 bits per heavy atom. The molecule has 0 heterocycles. The summed E-state index contributed by atoms with van der Waals surface area (Å²) in [5.41, 5.74) is 5.01. The van der Waals surface area contributed by atoms with Crippen LogP contribution in [0.1, 0.15) is 23.1 Å². The number of rotatable bonds is 6. The number of methoxy groups -OCH3 is 1. The zero-order chi connectivity index (χ0) is 16.7. The van der Waals surface area contributed by atoms with E-state index in [1.807, 2.05) is 24.3 Å². The summed E-state index contributed by atoms with van der Waals surface area (Å²) in [5.74, 6) is 0.813. The maximum atomic E-state index is 5.33. The molecule has 2 aromatic rings. The number of thiocarbonyl (C=S) groups is 1. The summed E-state index contributed by atoms with van der Waals surface area (Å²) >= 11 is 5.33. The van der Waals surface area contributed by atoms with Crippen molar-refractivity contribution >= 4 is 23.0 Å². The van der Waals surface area contributed by atoms with Crippen LogP contribution in [0.25, 0.3) is 0 Å². The minimum atomic E-state index is 0.638. The molecule has 0 spiro atoms. The summed E-state index contributed by atoms with van der Waals surface area (Å²) in [6, 6.07) is 14.4. The molecule has 2 aromatic carbocycles. The van der Waals surface area contributed by atoms with Crippen LogP contribution in [0, 0.1) is 13.8 Å². The average molecular weight is 328 g/mol. The van der Waals surface area contributed by atoms with Crippen molar-refractivity contribution < 1.29 is 4.74 Å². The second-order valence-corrected chi connectivity index (χ2v) is 6.05. The quantitative estimate of drug-likeness (QED) is 0.614. The first-order valence-corrected chi connectivity index (χ1v) is 8.24. The van der Waals surface area contributed by atoms with Gasteiger partial charge in [-0.25, -0.2) is 0 Å². The summed E-state index contributed by atoms with van der Waals surface area (Å²) in [6.45, 7) is 5.15. The second-order valence-electron chi connectivity index (χ2n) is 5.65. The molecule has 0 saturated carbocycles. The van der Waals surface area contributed by atoms with E-state index in [4.69, 9.17) is 17.0 Å². The van der Waals surface area contributed by atoms with Gasteiger partial charge in [0.1, 0.15) is 5.75 Å². The molecule has 0 saturated heterocycles. The van der Waals surface area contributed by atoms with Crippen molar-refractivity contribution in [2.24, 2.45) is 0 Å². The third kappa shape index (κ3) is 5.57. The van der Waals surface area contributed by atoms with Crippen LogP contribution in [-0.2, 0) is 6.42 Å². The van der Waals surface area contributed by atoms with Gasteiger partial charge in [-0.3, -0.25) is 0 Å². The van der Waals surface area contributed by atoms with Crippen LogP contribution in [0.2, 0.25) is 0 Å². The Balaban J connectivity index is 1.74. The number of anilines is 1. The topological polar surface area (TPSA) is 33.3 Å². The van der Waals surface area contributed by atoms with Crippen molar-refractivity contribution in [1.82, 2.24) is 5.32 Å². The van der Waals surface area contributed by atoms with Gasteiger partial charge in [-0.2, -0.15) is 0 Å². The minimum Gasteiger partial charge on any atom is -0.497 e. The van der Waals surface area contributed by atoms with Crippen molar-refractivity contribution in [3.8, 4) is 5.75 Å². The Bertz CT molecular complexity index is 670. The predicted molar refractivity (Wildman–Crippen MR) is 101 cm³/mol. The highest BCUT2D eigenvalue weighted by Crippen LogP contribution is 2.16. The molecule has 0 amide bonds. The lowest BCUT2D eigenvalue weighted by Crippen LogP contribution is -2.29. The number of benzene rings is 2. The van der Waals surface area contributed by atoms with Crippen molar-refractivity contribution in [2.75, 3.05) is 19.0 Å². The monoisotopic (exact) mass is 328 g/mol. The highest BCUT2D eigenvalue weighted by Gasteiger charge is 2.01. The van der Waals surface area contributed by atoms with Crippen LogP contribution >= 0.6 is 12.2 Å². The van der Waals surface area contributed by atoms with Crippen LogP contribution in [-0.4, -0.2) is 18.8 Å². The standard InChI is InChI=1S/C19H24N2OS/c1-14-9-10-16(15(2)12-14)6-5-11-20-19(23)21-17-7-4-8-18(13-17)22-3/h4,7-10,12-13H,5-6,11H2,1-3H3,(H2,20,21,23). The maximum absolute atomic E-state index is 5.33. The summed E-state index contributed by atoms with van der Waals surface area (Å²) in [7, 11) is 1.66. The Labute approximate surface area is 144 Å². The smallest absolute Gasteiger partial charge is 0.170 e. The third-order valence-corrected chi connectivity index (χ3v) is 3.98. The van der Waals surface area contributed by atoms with E-state index in [0.717, 1.165) is 30.8 Å². The molecule has 0 fully saturated rings. The van der Waals surface area contributed by atoms with Crippen molar-refractivity contribution in [2.45, 2.75) is 26.7 Å². The van der Waals surface area contributed by atoms with Gasteiger partial charge < -0.3 is 15.4 Å². The van der Waals surface area contributed by atoms with Crippen LogP contribution in [0.3, 0.4) is 0 Å². The number of ether oxygens (including phenoxy) is 1. The molecule has 0 atom stereocenters. The average Bonchev–Trinajstić information content (AvgIpc) is 2.53. The molecule has 4 heteroatoms. The van der Waals surface area contributed by atoms with Crippen LogP contribution < -0.4 is 15.4 Å². The lowest BCUT2D eigenvalue weighted by molar-refractivity contribution is 0.415. The van der Waals surface area contributed by atoms with Gasteiger partial charge >= 0.3 is 0 Å². The van der Waals surface area contributed by atoms with E-state index in [1.165, 1.54) is 16.7 Å². The Morgan fingerprint density at radius 2 is 1.96 bits per heavy atom. The molecular formula is C19H24N2OS. The lowest BCUT2D eigenvalue weighted by Gasteiger charge is -2.12. The summed E-state index contributed by atoms with van der Waals surface area (Å²) in [4.78, 5) is 0. The van der Waals surface area contributed by atoms with E-state index in [-0.39, 0.29) is 0 Å². The summed E-state index contributed by atoms with van der Waals surface area (Å²) in [6.07, 6.45) is 2.10. The minimum absolute atomic E-state index is 0.638. The molecule has 2 rings (SSSR count). The Hall–Kier alpha value is -2.07. The molecule has 0 aromatic heterocycles. The predicted octanol–water partition coefficient (Wildman–Crippen LogP) is 4.23. The molecule has 23 heavy (non-hydrogen) atoms. The Kier molecular flexibility index (Phi) is 6.41. The fraction of sp³-hybridized carbons (Fsp3) is 0.316. The van der Waals surface area contributed by atoms with Gasteiger partial charge in [-0.15, -0.1) is 0 Å². The molecule has 0 bridgehead atoms. The van der Waals surface area contributed by atoms with E-state index in [9.17, 15) is 0 Å². The molecule has 0 aliphatic rings. The van der Waals surface area contributed by atoms with E-state index in [0.29, 0.717) is 5.11 Å². The van der Waals surface area contributed by atoms with Crippen LogP contribution in [0.4, 0.5) is 5.69 Å². The van der Waals surface area contributed by atoms with Crippen molar-refractivity contribution in [3.63, 3.8) is 0 Å². The molecule has 0 unspecified atom stereocenters. The van der Waals surface area contributed by atoms with Crippen molar-refractivity contribution in [3.05, 3.63) is 59.2 Å². The van der Waals surface area contributed by atoms with Gasteiger partial charge in [0.25, 0.3) is 0 Å². The molecule has 0 aliphatic carbocycles. The number of aryl methyl sites for hydroxylation is 3. The first-order valence-electron chi connectivity index (χ1n) is 7.83. The van der Waals surface area contributed by atoms with E-state index >= 15 is 0 Å². The normalized spacial score (nSPS) is 10.2. The summed E-state index contributed by atoms with van der Waals surface area (Å²) in [5, 5.41) is 7.06. The van der Waals surface area contributed by atoms with Gasteiger partial charge in [0.15, 0.2) is 5.11 Å². The van der Waals surface area contributed by atoms with Gasteiger partial charge in [0, 0.05) is 18.3 Å². The zero-order valence-corrected chi connectivity index (χ0v) is 14.8. The van der Waals surface area contributed by atoms with Gasteiger partial charge in [-0.1, -0.05) is 29.8 Å². The van der Waals surface area contributed by atoms with E-state index < -0.39 is 0 Å². The SMILES string of the molecule is COc1cccc(NC(=S)NCCCc2ccc(C)cc2C)c1. The first kappa shape index (κ1) is 17.3. The molecule has 3 nitrogen and oxygen atoms in total. The molecule has 2 N–H and O–H groups in total. The molecule has 0 radical (unpaired) electrons. The molecule has 0 aliphatic heterocycles. The number of hydrogen-bond acceptors (Lipinski definition) is 2. The number of nitrogens with one attached hydrogen (secondary N) is 2. The molecular weight excluding hydrogens is 304 g/mol. The highest BCUT2D eigenvalue weighted by atomic mass is 32.1. The lowest BCUT2D eigenvalue weighted by atomic mass is 10.0. The van der Waals surface area contributed by atoms with Crippen LogP contribution in [0.5, 0.6) is 5.75 Å². The van der Waals surface area contributed by atoms with Crippen molar-refractivity contribution in [1.29, 1.82) is 0 Å². The van der Waals surface area contributed by atoms with Gasteiger partial charge in [-0.05, 0) is 62.2 Å². The summed E-state index contributed by atoms with van der Waals surface area (Å²) < 4.78 is 5.20.